The summed E-state index contributed by atoms with van der Waals surface area (Å²) in [5, 5.41) is 2.81. The summed E-state index contributed by atoms with van der Waals surface area (Å²) >= 11 is 0. The maximum atomic E-state index is 13.1. The van der Waals surface area contributed by atoms with Crippen molar-refractivity contribution in [1.82, 2.24) is 4.31 Å². The highest BCUT2D eigenvalue weighted by Crippen LogP contribution is 2.31. The minimum atomic E-state index is -3.68. The van der Waals surface area contributed by atoms with Gasteiger partial charge in [-0.25, -0.2) is 8.42 Å². The van der Waals surface area contributed by atoms with Crippen LogP contribution >= 0.6 is 0 Å². The van der Waals surface area contributed by atoms with E-state index in [9.17, 15) is 13.2 Å². The van der Waals surface area contributed by atoms with Crippen molar-refractivity contribution in [3.63, 3.8) is 0 Å². The number of sulfonamides is 1. The molecule has 1 fully saturated rings. The molecular weight excluding hydrogens is 388 g/mol. The lowest BCUT2D eigenvalue weighted by Crippen LogP contribution is -2.35. The lowest BCUT2D eigenvalue weighted by Gasteiger charge is -2.26. The second-order valence-corrected chi connectivity index (χ2v) is 9.38. The maximum Gasteiger partial charge on any atom is 0.246 e. The molecule has 6 nitrogen and oxygen atoms in total. The summed E-state index contributed by atoms with van der Waals surface area (Å²) in [7, 11) is -2.23. The van der Waals surface area contributed by atoms with Crippen LogP contribution in [-0.4, -0.2) is 38.8 Å². The van der Waals surface area contributed by atoms with E-state index in [0.29, 0.717) is 18.8 Å². The van der Waals surface area contributed by atoms with Gasteiger partial charge in [0.05, 0.1) is 13.5 Å². The topological polar surface area (TPSA) is 75.7 Å². The molecular formula is C22H28N2O4S. The molecule has 1 aliphatic heterocycles. The highest BCUT2D eigenvalue weighted by Gasteiger charge is 2.29. The Hall–Kier alpha value is -2.38. The fourth-order valence-corrected chi connectivity index (χ4v) is 5.20. The molecule has 2 aromatic carbocycles. The Kier molecular flexibility index (Phi) is 6.59. The molecule has 0 spiro atoms. The molecule has 2 aromatic rings. The number of anilines is 1. The third-order valence-corrected chi connectivity index (χ3v) is 7.24. The van der Waals surface area contributed by atoms with Gasteiger partial charge in [0, 0.05) is 18.8 Å². The van der Waals surface area contributed by atoms with Gasteiger partial charge in [0.15, 0.2) is 0 Å². The lowest BCUT2D eigenvalue weighted by atomic mass is 10.0. The van der Waals surface area contributed by atoms with Crippen LogP contribution in [0.15, 0.2) is 41.3 Å². The first-order chi connectivity index (χ1) is 13.8. The number of rotatable bonds is 6. The SMILES string of the molecule is COc1ccc(NC(=O)Cc2ccc(C)c(C)c2)cc1S(=O)(=O)N1CCCCC1. The van der Waals surface area contributed by atoms with E-state index in [1.54, 1.807) is 12.1 Å². The number of benzene rings is 2. The number of methoxy groups -OCH3 is 1. The molecule has 0 aromatic heterocycles. The van der Waals surface area contributed by atoms with Crippen molar-refractivity contribution < 1.29 is 17.9 Å². The van der Waals surface area contributed by atoms with E-state index in [4.69, 9.17) is 4.74 Å². The number of aryl methyl sites for hydroxylation is 2. The molecule has 1 N–H and O–H groups in total. The molecule has 156 valence electrons. The summed E-state index contributed by atoms with van der Waals surface area (Å²) in [6.45, 7) is 5.06. The van der Waals surface area contributed by atoms with Crippen LogP contribution in [-0.2, 0) is 21.2 Å². The molecule has 0 bridgehead atoms. The van der Waals surface area contributed by atoms with Crippen LogP contribution in [0.2, 0.25) is 0 Å². The summed E-state index contributed by atoms with van der Waals surface area (Å²) < 4.78 is 33.0. The van der Waals surface area contributed by atoms with Crippen molar-refractivity contribution in [2.75, 3.05) is 25.5 Å². The smallest absolute Gasteiger partial charge is 0.246 e. The molecule has 3 rings (SSSR count). The number of hydrogen-bond donors (Lipinski definition) is 1. The van der Waals surface area contributed by atoms with Gasteiger partial charge in [0.1, 0.15) is 10.6 Å². The van der Waals surface area contributed by atoms with Gasteiger partial charge in [-0.05, 0) is 61.6 Å². The van der Waals surface area contributed by atoms with Crippen molar-refractivity contribution in [2.24, 2.45) is 0 Å². The summed E-state index contributed by atoms with van der Waals surface area (Å²) in [4.78, 5) is 12.6. The molecule has 0 unspecified atom stereocenters. The molecule has 1 amide bonds. The first kappa shape index (κ1) is 21.3. The van der Waals surface area contributed by atoms with Gasteiger partial charge in [0.25, 0.3) is 0 Å². The summed E-state index contributed by atoms with van der Waals surface area (Å²) in [6, 6.07) is 10.7. The molecule has 0 aliphatic carbocycles. The van der Waals surface area contributed by atoms with Gasteiger partial charge in [-0.3, -0.25) is 4.79 Å². The fourth-order valence-electron chi connectivity index (χ4n) is 3.50. The van der Waals surface area contributed by atoms with Crippen LogP contribution in [0.5, 0.6) is 5.75 Å². The van der Waals surface area contributed by atoms with Gasteiger partial charge < -0.3 is 10.1 Å². The Balaban J connectivity index is 1.80. The predicted molar refractivity (Wildman–Crippen MR) is 114 cm³/mol. The first-order valence-electron chi connectivity index (χ1n) is 9.85. The zero-order valence-electron chi connectivity index (χ0n) is 17.2. The zero-order chi connectivity index (χ0) is 21.0. The molecule has 1 aliphatic rings. The number of nitrogens with one attached hydrogen (secondary N) is 1. The molecule has 1 heterocycles. The minimum absolute atomic E-state index is 0.0888. The Labute approximate surface area is 172 Å². The van der Waals surface area contributed by atoms with Crippen molar-refractivity contribution in [1.29, 1.82) is 0 Å². The lowest BCUT2D eigenvalue weighted by molar-refractivity contribution is -0.115. The van der Waals surface area contributed by atoms with Gasteiger partial charge in [-0.2, -0.15) is 4.31 Å². The summed E-state index contributed by atoms with van der Waals surface area (Å²) in [6.07, 6.45) is 2.97. The van der Waals surface area contributed by atoms with E-state index in [1.807, 2.05) is 32.0 Å². The average Bonchev–Trinajstić information content (AvgIpc) is 2.71. The minimum Gasteiger partial charge on any atom is -0.495 e. The number of carbonyl (C=O) groups is 1. The number of hydrogen-bond acceptors (Lipinski definition) is 4. The zero-order valence-corrected chi connectivity index (χ0v) is 18.0. The summed E-state index contributed by atoms with van der Waals surface area (Å²) in [5.41, 5.74) is 3.67. The van der Waals surface area contributed by atoms with Gasteiger partial charge in [-0.15, -0.1) is 0 Å². The quantitative estimate of drug-likeness (QED) is 0.780. The van der Waals surface area contributed by atoms with E-state index in [0.717, 1.165) is 30.4 Å². The number of nitrogens with zero attached hydrogens (tertiary/aromatic N) is 1. The van der Waals surface area contributed by atoms with Crippen molar-refractivity contribution in [3.8, 4) is 5.75 Å². The molecule has 1 saturated heterocycles. The second-order valence-electron chi connectivity index (χ2n) is 7.47. The van der Waals surface area contributed by atoms with Crippen LogP contribution in [0.25, 0.3) is 0 Å². The Morgan fingerprint density at radius 3 is 2.41 bits per heavy atom. The fraction of sp³-hybridized carbons (Fsp3) is 0.409. The van der Waals surface area contributed by atoms with E-state index >= 15 is 0 Å². The van der Waals surface area contributed by atoms with E-state index in [-0.39, 0.29) is 23.0 Å². The monoisotopic (exact) mass is 416 g/mol. The molecule has 7 heteroatoms. The molecule has 0 atom stereocenters. The summed E-state index contributed by atoms with van der Waals surface area (Å²) in [5.74, 6) is 0.0856. The highest BCUT2D eigenvalue weighted by atomic mass is 32.2. The van der Waals surface area contributed by atoms with Crippen LogP contribution in [0, 0.1) is 13.8 Å². The highest BCUT2D eigenvalue weighted by molar-refractivity contribution is 7.89. The van der Waals surface area contributed by atoms with Crippen molar-refractivity contribution >= 4 is 21.6 Å². The van der Waals surface area contributed by atoms with Gasteiger partial charge in [-0.1, -0.05) is 24.6 Å². The Morgan fingerprint density at radius 1 is 1.03 bits per heavy atom. The normalized spacial score (nSPS) is 15.1. The van der Waals surface area contributed by atoms with E-state index in [2.05, 4.69) is 5.32 Å². The number of carbonyl (C=O) groups excluding carboxylic acids is 1. The third kappa shape index (κ3) is 4.97. The third-order valence-electron chi connectivity index (χ3n) is 5.32. The maximum absolute atomic E-state index is 13.1. The van der Waals surface area contributed by atoms with Crippen LogP contribution < -0.4 is 10.1 Å². The predicted octanol–water partition coefficient (Wildman–Crippen LogP) is 3.67. The number of amides is 1. The molecule has 0 saturated carbocycles. The number of piperidine rings is 1. The average molecular weight is 417 g/mol. The first-order valence-corrected chi connectivity index (χ1v) is 11.3. The second kappa shape index (κ2) is 8.97. The van der Waals surface area contributed by atoms with Gasteiger partial charge in [0.2, 0.25) is 15.9 Å². The Morgan fingerprint density at radius 2 is 1.76 bits per heavy atom. The van der Waals surface area contributed by atoms with Crippen LogP contribution in [0.1, 0.15) is 36.0 Å². The molecule has 0 radical (unpaired) electrons. The molecule has 29 heavy (non-hydrogen) atoms. The van der Waals surface area contributed by atoms with Crippen molar-refractivity contribution in [2.45, 2.75) is 44.4 Å². The standard InChI is InChI=1S/C22H28N2O4S/c1-16-7-8-18(13-17(16)2)14-22(25)23-19-9-10-20(28-3)21(15-19)29(26,27)24-11-5-4-6-12-24/h7-10,13,15H,4-6,11-12,14H2,1-3H3,(H,23,25). The largest absolute Gasteiger partial charge is 0.495 e. The number of ether oxygens (including phenoxy) is 1. The Bertz CT molecular complexity index is 996. The van der Waals surface area contributed by atoms with Crippen LogP contribution in [0.3, 0.4) is 0 Å². The van der Waals surface area contributed by atoms with Crippen LogP contribution in [0.4, 0.5) is 5.69 Å². The van der Waals surface area contributed by atoms with E-state index < -0.39 is 10.0 Å². The van der Waals surface area contributed by atoms with Gasteiger partial charge >= 0.3 is 0 Å². The van der Waals surface area contributed by atoms with Crippen molar-refractivity contribution in [3.05, 3.63) is 53.1 Å². The van der Waals surface area contributed by atoms with E-state index in [1.165, 1.54) is 23.0 Å².